The molecule has 5 heteroatoms. The molecule has 0 saturated heterocycles. The minimum atomic E-state index is -0.940. The van der Waals surface area contributed by atoms with Crippen LogP contribution in [-0.4, -0.2) is 23.4 Å². The molecular weight excluding hydrogens is 279 g/mol. The molecule has 0 amide bonds. The number of thioether (sulfide) groups is 1. The Bertz CT molecular complexity index is 584. The van der Waals surface area contributed by atoms with Crippen molar-refractivity contribution >= 4 is 17.7 Å². The van der Waals surface area contributed by atoms with Crippen LogP contribution in [0.3, 0.4) is 0 Å². The number of benzene rings is 2. The molecule has 0 aliphatic carbocycles. The highest BCUT2D eigenvalue weighted by Crippen LogP contribution is 2.20. The van der Waals surface area contributed by atoms with Crippen molar-refractivity contribution in [3.63, 3.8) is 0 Å². The predicted octanol–water partition coefficient (Wildman–Crippen LogP) is 3.70. The molecule has 20 heavy (non-hydrogen) atoms. The molecule has 0 aliphatic rings. The fourth-order valence-electron chi connectivity index (χ4n) is 1.57. The van der Waals surface area contributed by atoms with Crippen LogP contribution in [0.2, 0.25) is 0 Å². The first-order valence-corrected chi connectivity index (χ1v) is 6.99. The zero-order chi connectivity index (χ0) is 14.4. The van der Waals surface area contributed by atoms with Crippen LogP contribution in [0.15, 0.2) is 53.4 Å². The van der Waals surface area contributed by atoms with E-state index in [0.29, 0.717) is 12.4 Å². The lowest BCUT2D eigenvalue weighted by Crippen LogP contribution is -2.01. The van der Waals surface area contributed by atoms with Crippen LogP contribution in [0.1, 0.15) is 10.4 Å². The van der Waals surface area contributed by atoms with Gasteiger partial charge in [-0.05, 0) is 36.4 Å². The third kappa shape index (κ3) is 3.99. The highest BCUT2D eigenvalue weighted by atomic mass is 32.2. The van der Waals surface area contributed by atoms with Crippen LogP contribution in [0.5, 0.6) is 5.75 Å². The van der Waals surface area contributed by atoms with Crippen molar-refractivity contribution in [2.75, 3.05) is 12.4 Å². The standard InChI is InChI=1S/C15H13FO3S/c16-13-3-1-2-4-14(13)19-9-10-20-12-7-5-11(6-8-12)15(17)18/h1-8H,9-10H2,(H,17,18). The maximum atomic E-state index is 13.3. The summed E-state index contributed by atoms with van der Waals surface area (Å²) in [5.74, 6) is -0.414. The third-order valence-electron chi connectivity index (χ3n) is 2.55. The Morgan fingerprint density at radius 2 is 1.85 bits per heavy atom. The van der Waals surface area contributed by atoms with Gasteiger partial charge in [0.05, 0.1) is 12.2 Å². The first-order chi connectivity index (χ1) is 9.66. The van der Waals surface area contributed by atoms with Gasteiger partial charge in [-0.3, -0.25) is 0 Å². The summed E-state index contributed by atoms with van der Waals surface area (Å²) >= 11 is 1.53. The fourth-order valence-corrected chi connectivity index (χ4v) is 2.30. The average molecular weight is 292 g/mol. The normalized spacial score (nSPS) is 10.2. The van der Waals surface area contributed by atoms with Gasteiger partial charge in [-0.2, -0.15) is 0 Å². The van der Waals surface area contributed by atoms with Crippen molar-refractivity contribution in [2.24, 2.45) is 0 Å². The van der Waals surface area contributed by atoms with E-state index in [1.165, 1.54) is 17.8 Å². The summed E-state index contributed by atoms with van der Waals surface area (Å²) in [7, 11) is 0. The molecule has 0 spiro atoms. The molecule has 2 aromatic carbocycles. The van der Waals surface area contributed by atoms with Crippen LogP contribution in [-0.2, 0) is 0 Å². The number of aromatic carboxylic acids is 1. The lowest BCUT2D eigenvalue weighted by atomic mass is 10.2. The Morgan fingerprint density at radius 1 is 1.15 bits per heavy atom. The van der Waals surface area contributed by atoms with Gasteiger partial charge >= 0.3 is 5.97 Å². The molecule has 0 fully saturated rings. The number of carboxylic acid groups (broad SMARTS) is 1. The van der Waals surface area contributed by atoms with Gasteiger partial charge in [0.25, 0.3) is 0 Å². The van der Waals surface area contributed by atoms with E-state index in [-0.39, 0.29) is 17.1 Å². The van der Waals surface area contributed by atoms with Crippen LogP contribution in [0, 0.1) is 5.82 Å². The zero-order valence-corrected chi connectivity index (χ0v) is 11.4. The second-order valence-corrected chi connectivity index (χ2v) is 5.13. The van der Waals surface area contributed by atoms with E-state index in [4.69, 9.17) is 9.84 Å². The smallest absolute Gasteiger partial charge is 0.335 e. The predicted molar refractivity (Wildman–Crippen MR) is 76.0 cm³/mol. The average Bonchev–Trinajstić information content (AvgIpc) is 2.46. The van der Waals surface area contributed by atoms with Gasteiger partial charge in [0.15, 0.2) is 11.6 Å². The molecular formula is C15H13FO3S. The van der Waals surface area contributed by atoms with E-state index in [1.807, 2.05) is 0 Å². The van der Waals surface area contributed by atoms with Gasteiger partial charge in [-0.25, -0.2) is 9.18 Å². The fraction of sp³-hybridized carbons (Fsp3) is 0.133. The molecule has 104 valence electrons. The van der Waals surface area contributed by atoms with Crippen molar-refractivity contribution in [1.29, 1.82) is 0 Å². The molecule has 0 bridgehead atoms. The van der Waals surface area contributed by atoms with E-state index >= 15 is 0 Å². The first kappa shape index (κ1) is 14.4. The summed E-state index contributed by atoms with van der Waals surface area (Å²) in [6.07, 6.45) is 0. The van der Waals surface area contributed by atoms with Crippen molar-refractivity contribution in [3.05, 3.63) is 59.9 Å². The number of hydrogen-bond acceptors (Lipinski definition) is 3. The molecule has 0 heterocycles. The molecule has 2 aromatic rings. The van der Waals surface area contributed by atoms with Crippen LogP contribution in [0.4, 0.5) is 4.39 Å². The molecule has 3 nitrogen and oxygen atoms in total. The molecule has 0 unspecified atom stereocenters. The second kappa shape index (κ2) is 6.96. The lowest BCUT2D eigenvalue weighted by Gasteiger charge is -2.06. The zero-order valence-electron chi connectivity index (χ0n) is 10.6. The molecule has 2 rings (SSSR count). The lowest BCUT2D eigenvalue weighted by molar-refractivity contribution is 0.0697. The van der Waals surface area contributed by atoms with Crippen molar-refractivity contribution in [3.8, 4) is 5.75 Å². The first-order valence-electron chi connectivity index (χ1n) is 6.00. The maximum absolute atomic E-state index is 13.3. The summed E-state index contributed by atoms with van der Waals surface area (Å²) in [6, 6.07) is 12.9. The Balaban J connectivity index is 1.79. The number of carbonyl (C=O) groups is 1. The Labute approximate surface area is 120 Å². The number of carboxylic acids is 1. The van der Waals surface area contributed by atoms with Crippen LogP contribution in [0.25, 0.3) is 0 Å². The number of para-hydroxylation sites is 1. The minimum Gasteiger partial charge on any atom is -0.490 e. The number of halogens is 1. The van der Waals surface area contributed by atoms with Crippen molar-refractivity contribution in [2.45, 2.75) is 4.90 Å². The Kier molecular flexibility index (Phi) is 5.01. The molecule has 0 radical (unpaired) electrons. The van der Waals surface area contributed by atoms with Gasteiger partial charge in [-0.1, -0.05) is 12.1 Å². The van der Waals surface area contributed by atoms with Gasteiger partial charge in [0.1, 0.15) is 0 Å². The minimum absolute atomic E-state index is 0.245. The van der Waals surface area contributed by atoms with Gasteiger partial charge in [0.2, 0.25) is 0 Å². The third-order valence-corrected chi connectivity index (χ3v) is 3.52. The maximum Gasteiger partial charge on any atom is 0.335 e. The summed E-state index contributed by atoms with van der Waals surface area (Å²) in [4.78, 5) is 11.7. The highest BCUT2D eigenvalue weighted by molar-refractivity contribution is 7.99. The number of rotatable bonds is 6. The van der Waals surface area contributed by atoms with E-state index in [1.54, 1.807) is 42.5 Å². The summed E-state index contributed by atoms with van der Waals surface area (Å²) in [6.45, 7) is 0.381. The van der Waals surface area contributed by atoms with E-state index < -0.39 is 5.97 Å². The highest BCUT2D eigenvalue weighted by Gasteiger charge is 2.03. The summed E-state index contributed by atoms with van der Waals surface area (Å²) < 4.78 is 18.6. The SMILES string of the molecule is O=C(O)c1ccc(SCCOc2ccccc2F)cc1. The number of hydrogen-bond donors (Lipinski definition) is 1. The van der Waals surface area contributed by atoms with Crippen molar-refractivity contribution in [1.82, 2.24) is 0 Å². The Hall–Kier alpha value is -2.01. The summed E-state index contributed by atoms with van der Waals surface area (Å²) in [5, 5.41) is 8.78. The van der Waals surface area contributed by atoms with Gasteiger partial charge < -0.3 is 9.84 Å². The largest absolute Gasteiger partial charge is 0.490 e. The van der Waals surface area contributed by atoms with Crippen LogP contribution < -0.4 is 4.74 Å². The number of ether oxygens (including phenoxy) is 1. The molecule has 1 N–H and O–H groups in total. The van der Waals surface area contributed by atoms with E-state index in [9.17, 15) is 9.18 Å². The van der Waals surface area contributed by atoms with E-state index in [2.05, 4.69) is 0 Å². The molecule has 0 aromatic heterocycles. The quantitative estimate of drug-likeness (QED) is 0.651. The molecule has 0 saturated carbocycles. The monoisotopic (exact) mass is 292 g/mol. The van der Waals surface area contributed by atoms with Gasteiger partial charge in [-0.15, -0.1) is 11.8 Å². The summed E-state index contributed by atoms with van der Waals surface area (Å²) in [5.41, 5.74) is 0.261. The van der Waals surface area contributed by atoms with Gasteiger partial charge in [0, 0.05) is 10.6 Å². The molecule has 0 aliphatic heterocycles. The molecule has 0 atom stereocenters. The second-order valence-electron chi connectivity index (χ2n) is 3.96. The topological polar surface area (TPSA) is 46.5 Å². The van der Waals surface area contributed by atoms with Crippen LogP contribution >= 0.6 is 11.8 Å². The Morgan fingerprint density at radius 3 is 2.50 bits per heavy atom. The van der Waals surface area contributed by atoms with Crippen molar-refractivity contribution < 1.29 is 19.0 Å². The van der Waals surface area contributed by atoms with E-state index in [0.717, 1.165) is 4.90 Å².